The van der Waals surface area contributed by atoms with Crippen LogP contribution >= 0.6 is 0 Å². The molecule has 0 aliphatic carbocycles. The van der Waals surface area contributed by atoms with Crippen LogP contribution in [0.1, 0.15) is 44.2 Å². The van der Waals surface area contributed by atoms with Crippen LogP contribution in [0.3, 0.4) is 0 Å². The van der Waals surface area contributed by atoms with Crippen molar-refractivity contribution in [3.05, 3.63) is 35.9 Å². The molecular weight excluding hydrogens is 196 g/mol. The molecule has 0 aromatic heterocycles. The smallest absolute Gasteiger partial charge is 0.127 e. The fourth-order valence-electron chi connectivity index (χ4n) is 2.22. The zero-order chi connectivity index (χ0) is 11.8. The lowest BCUT2D eigenvalue weighted by atomic mass is 9.93. The number of ether oxygens (including phenoxy) is 1. The Morgan fingerprint density at radius 1 is 1.31 bits per heavy atom. The summed E-state index contributed by atoms with van der Waals surface area (Å²) in [6.45, 7) is 10.6. The minimum absolute atomic E-state index is 0.0662. The summed E-state index contributed by atoms with van der Waals surface area (Å²) in [5, 5.41) is 0. The van der Waals surface area contributed by atoms with E-state index >= 15 is 0 Å². The zero-order valence-electron chi connectivity index (χ0n) is 10.5. The molecule has 0 N–H and O–H groups in total. The average molecular weight is 216 g/mol. The number of allylic oxidation sites excluding steroid dienone is 1. The lowest BCUT2D eigenvalue weighted by Gasteiger charge is -2.30. The van der Waals surface area contributed by atoms with Gasteiger partial charge in [0, 0.05) is 5.56 Å². The van der Waals surface area contributed by atoms with Crippen molar-refractivity contribution < 1.29 is 4.74 Å². The Bertz CT molecular complexity index is 415. The highest BCUT2D eigenvalue weighted by atomic mass is 16.5. The van der Waals surface area contributed by atoms with Crippen LogP contribution in [0.2, 0.25) is 0 Å². The Labute approximate surface area is 98.1 Å². The summed E-state index contributed by atoms with van der Waals surface area (Å²) in [6, 6.07) is 6.38. The van der Waals surface area contributed by atoms with Crippen molar-refractivity contribution in [1.82, 2.24) is 0 Å². The van der Waals surface area contributed by atoms with Gasteiger partial charge in [-0.3, -0.25) is 0 Å². The van der Waals surface area contributed by atoms with E-state index in [9.17, 15) is 0 Å². The molecule has 2 rings (SSSR count). The van der Waals surface area contributed by atoms with Crippen molar-refractivity contribution in [3.8, 4) is 5.75 Å². The van der Waals surface area contributed by atoms with E-state index in [0.29, 0.717) is 0 Å². The number of hydrogen-bond acceptors (Lipinski definition) is 1. The molecule has 1 heteroatoms. The predicted octanol–water partition coefficient (Wildman–Crippen LogP) is 4.35. The first-order valence-corrected chi connectivity index (χ1v) is 5.96. The van der Waals surface area contributed by atoms with Crippen molar-refractivity contribution in [2.24, 2.45) is 0 Å². The molecule has 0 fully saturated rings. The second kappa shape index (κ2) is 3.97. The summed E-state index contributed by atoms with van der Waals surface area (Å²) in [5.41, 5.74) is 3.55. The van der Waals surface area contributed by atoms with Gasteiger partial charge >= 0.3 is 0 Å². The highest BCUT2D eigenvalue weighted by Gasteiger charge is 2.24. The first-order valence-electron chi connectivity index (χ1n) is 5.96. The molecule has 1 aromatic rings. The topological polar surface area (TPSA) is 9.23 Å². The normalized spacial score (nSPS) is 19.3. The van der Waals surface area contributed by atoms with Crippen LogP contribution in [0.4, 0.5) is 0 Å². The first kappa shape index (κ1) is 11.3. The quantitative estimate of drug-likeness (QED) is 0.626. The van der Waals surface area contributed by atoms with E-state index in [2.05, 4.69) is 45.5 Å². The third-order valence-electron chi connectivity index (χ3n) is 3.16. The highest BCUT2D eigenvalue weighted by molar-refractivity contribution is 5.69. The van der Waals surface area contributed by atoms with Crippen LogP contribution in [0.5, 0.6) is 5.75 Å². The number of aryl methyl sites for hydroxylation is 1. The van der Waals surface area contributed by atoms with Crippen molar-refractivity contribution in [3.63, 3.8) is 0 Å². The van der Waals surface area contributed by atoms with Gasteiger partial charge in [0.05, 0.1) is 0 Å². The monoisotopic (exact) mass is 216 g/mol. The number of hydrogen-bond donors (Lipinski definition) is 0. The Morgan fingerprint density at radius 3 is 2.81 bits per heavy atom. The molecule has 1 aliphatic heterocycles. The standard InChI is InChI=1S/C15H20O/c1-11-7-8-13-12(2)6-5-9-15(3,4)16-14(13)10-11/h7-8,10H,2,5-6,9H2,1,3-4H3. The van der Waals surface area contributed by atoms with Crippen LogP contribution in [-0.4, -0.2) is 5.60 Å². The van der Waals surface area contributed by atoms with Gasteiger partial charge in [0.15, 0.2) is 0 Å². The Balaban J connectivity index is 2.46. The van der Waals surface area contributed by atoms with Gasteiger partial charge in [-0.1, -0.05) is 18.7 Å². The summed E-state index contributed by atoms with van der Waals surface area (Å²) in [5.74, 6) is 0.995. The van der Waals surface area contributed by atoms with Gasteiger partial charge in [-0.2, -0.15) is 0 Å². The minimum Gasteiger partial charge on any atom is -0.487 e. The van der Waals surface area contributed by atoms with E-state index in [-0.39, 0.29) is 5.60 Å². The van der Waals surface area contributed by atoms with Crippen molar-refractivity contribution >= 4 is 5.57 Å². The molecule has 1 aliphatic rings. The maximum atomic E-state index is 6.11. The Kier molecular flexibility index (Phi) is 2.79. The van der Waals surface area contributed by atoms with Gasteiger partial charge in [-0.15, -0.1) is 0 Å². The molecule has 0 spiro atoms. The lowest BCUT2D eigenvalue weighted by molar-refractivity contribution is 0.0951. The third kappa shape index (κ3) is 2.29. The molecule has 0 bridgehead atoms. The molecule has 0 unspecified atom stereocenters. The molecule has 86 valence electrons. The third-order valence-corrected chi connectivity index (χ3v) is 3.16. The Morgan fingerprint density at radius 2 is 2.06 bits per heavy atom. The molecule has 0 saturated carbocycles. The van der Waals surface area contributed by atoms with E-state index in [1.807, 2.05) is 0 Å². The fourth-order valence-corrected chi connectivity index (χ4v) is 2.22. The minimum atomic E-state index is -0.0662. The van der Waals surface area contributed by atoms with Crippen LogP contribution in [0, 0.1) is 6.92 Å². The summed E-state index contributed by atoms with van der Waals surface area (Å²) in [7, 11) is 0. The van der Waals surface area contributed by atoms with Crippen molar-refractivity contribution in [1.29, 1.82) is 0 Å². The predicted molar refractivity (Wildman–Crippen MR) is 68.8 cm³/mol. The average Bonchev–Trinajstić information content (AvgIpc) is 2.14. The molecule has 16 heavy (non-hydrogen) atoms. The van der Waals surface area contributed by atoms with Gasteiger partial charge in [0.25, 0.3) is 0 Å². The van der Waals surface area contributed by atoms with Crippen LogP contribution in [0.25, 0.3) is 5.57 Å². The second-order valence-electron chi connectivity index (χ2n) is 5.32. The van der Waals surface area contributed by atoms with Crippen molar-refractivity contribution in [2.75, 3.05) is 0 Å². The van der Waals surface area contributed by atoms with E-state index in [0.717, 1.165) is 25.0 Å². The molecule has 0 saturated heterocycles. The zero-order valence-corrected chi connectivity index (χ0v) is 10.5. The van der Waals surface area contributed by atoms with Gasteiger partial charge in [0.1, 0.15) is 11.4 Å². The largest absolute Gasteiger partial charge is 0.487 e. The molecule has 0 radical (unpaired) electrons. The molecule has 0 amide bonds. The maximum absolute atomic E-state index is 6.11. The van der Waals surface area contributed by atoms with E-state index in [1.165, 1.54) is 16.7 Å². The number of rotatable bonds is 0. The molecule has 1 aromatic carbocycles. The summed E-state index contributed by atoms with van der Waals surface area (Å²) < 4.78 is 6.11. The van der Waals surface area contributed by atoms with E-state index < -0.39 is 0 Å². The summed E-state index contributed by atoms with van der Waals surface area (Å²) in [4.78, 5) is 0. The fraction of sp³-hybridized carbons (Fsp3) is 0.467. The van der Waals surface area contributed by atoms with Gasteiger partial charge in [0.2, 0.25) is 0 Å². The van der Waals surface area contributed by atoms with E-state index in [1.54, 1.807) is 0 Å². The summed E-state index contributed by atoms with van der Waals surface area (Å²) in [6.07, 6.45) is 3.31. The van der Waals surface area contributed by atoms with Crippen molar-refractivity contribution in [2.45, 2.75) is 45.6 Å². The maximum Gasteiger partial charge on any atom is 0.127 e. The van der Waals surface area contributed by atoms with Crippen LogP contribution in [0.15, 0.2) is 24.8 Å². The van der Waals surface area contributed by atoms with Gasteiger partial charge < -0.3 is 4.74 Å². The Hall–Kier alpha value is -1.24. The molecular formula is C15H20O. The molecule has 1 heterocycles. The highest BCUT2D eigenvalue weighted by Crippen LogP contribution is 2.36. The lowest BCUT2D eigenvalue weighted by Crippen LogP contribution is -2.29. The van der Waals surface area contributed by atoms with Crippen LogP contribution in [-0.2, 0) is 0 Å². The van der Waals surface area contributed by atoms with E-state index in [4.69, 9.17) is 4.74 Å². The second-order valence-corrected chi connectivity index (χ2v) is 5.32. The number of benzene rings is 1. The number of fused-ring (bicyclic) bond motifs is 1. The van der Waals surface area contributed by atoms with Crippen LogP contribution < -0.4 is 4.74 Å². The van der Waals surface area contributed by atoms with Gasteiger partial charge in [-0.25, -0.2) is 0 Å². The SMILES string of the molecule is C=C1CCCC(C)(C)Oc2cc(C)ccc21. The first-order chi connectivity index (χ1) is 7.48. The molecule has 1 nitrogen and oxygen atoms in total. The molecule has 0 atom stereocenters. The van der Waals surface area contributed by atoms with Gasteiger partial charge in [-0.05, 0) is 57.2 Å². The summed E-state index contributed by atoms with van der Waals surface area (Å²) >= 11 is 0.